The van der Waals surface area contributed by atoms with Gasteiger partial charge in [0.05, 0.1) is 5.56 Å². The number of Topliss-reactive ketones (excluding diaryl/α,β-unsaturated/α-hetero) is 1. The fourth-order valence-electron chi connectivity index (χ4n) is 5.03. The third kappa shape index (κ3) is 4.18. The van der Waals surface area contributed by atoms with Crippen molar-refractivity contribution in [1.29, 1.82) is 0 Å². The number of ketones is 1. The van der Waals surface area contributed by atoms with Crippen LogP contribution in [-0.4, -0.2) is 34.9 Å². The predicted octanol–water partition coefficient (Wildman–Crippen LogP) is 4.40. The number of aromatic nitrogens is 2. The number of aryl methyl sites for hydroxylation is 1. The van der Waals surface area contributed by atoms with Crippen LogP contribution in [0.1, 0.15) is 46.6 Å². The lowest BCUT2D eigenvalue weighted by molar-refractivity contribution is 0.0988. The van der Waals surface area contributed by atoms with E-state index < -0.39 is 28.7 Å². The molecular weight excluding hydrogens is 441 g/mol. The molecule has 0 spiro atoms. The van der Waals surface area contributed by atoms with Gasteiger partial charge in [-0.15, -0.1) is 0 Å². The van der Waals surface area contributed by atoms with Gasteiger partial charge in [0.25, 0.3) is 0 Å². The summed E-state index contributed by atoms with van der Waals surface area (Å²) < 4.78 is 43.0. The van der Waals surface area contributed by atoms with E-state index in [0.717, 1.165) is 73.8 Å². The molecule has 2 aromatic heterocycles. The summed E-state index contributed by atoms with van der Waals surface area (Å²) in [4.78, 5) is 24.1. The standard InChI is InChI=1S/C26H25F3N4O/c27-18-6-2-7-19(28)24(18)25-20(29)9-10-22(32-25)23(34)12-15-13-31-21-8-1-5-17(21)26(15)33-11-3-4-16(30)14-33/h2,6-7,9-10,13,16H,1,3-5,8,11-12,14,30H2/t16-/m0/s1. The van der Waals surface area contributed by atoms with Gasteiger partial charge in [0, 0.05) is 48.7 Å². The molecule has 0 amide bonds. The molecule has 176 valence electrons. The number of carbonyl (C=O) groups excluding carboxylic acids is 1. The van der Waals surface area contributed by atoms with Crippen LogP contribution in [0.15, 0.2) is 36.5 Å². The van der Waals surface area contributed by atoms with Gasteiger partial charge < -0.3 is 10.6 Å². The number of carbonyl (C=O) groups is 1. The number of fused-ring (bicyclic) bond motifs is 1. The zero-order chi connectivity index (χ0) is 23.8. The molecule has 1 aliphatic heterocycles. The molecule has 0 saturated carbocycles. The molecule has 0 unspecified atom stereocenters. The maximum atomic E-state index is 14.5. The Morgan fingerprint density at radius 3 is 2.62 bits per heavy atom. The van der Waals surface area contributed by atoms with Crippen LogP contribution in [0.5, 0.6) is 0 Å². The Labute approximate surface area is 195 Å². The number of pyridine rings is 2. The summed E-state index contributed by atoms with van der Waals surface area (Å²) >= 11 is 0. The van der Waals surface area contributed by atoms with Gasteiger partial charge in [0.15, 0.2) is 5.78 Å². The highest BCUT2D eigenvalue weighted by Crippen LogP contribution is 2.35. The van der Waals surface area contributed by atoms with Crippen molar-refractivity contribution in [3.8, 4) is 11.3 Å². The van der Waals surface area contributed by atoms with Crippen molar-refractivity contribution in [2.45, 2.75) is 44.6 Å². The Bertz CT molecular complexity index is 1240. The molecule has 1 atom stereocenters. The normalized spacial score (nSPS) is 17.6. The third-order valence-electron chi connectivity index (χ3n) is 6.61. The number of rotatable bonds is 5. The Hall–Kier alpha value is -3.26. The molecule has 3 aromatic rings. The lowest BCUT2D eigenvalue weighted by Gasteiger charge is -2.35. The van der Waals surface area contributed by atoms with Gasteiger partial charge in [0.1, 0.15) is 28.8 Å². The maximum Gasteiger partial charge on any atom is 0.185 e. The van der Waals surface area contributed by atoms with Gasteiger partial charge in [-0.1, -0.05) is 6.07 Å². The van der Waals surface area contributed by atoms with Crippen LogP contribution in [-0.2, 0) is 19.3 Å². The minimum Gasteiger partial charge on any atom is -0.369 e. The molecular formula is C26H25F3N4O. The monoisotopic (exact) mass is 466 g/mol. The molecule has 1 saturated heterocycles. The molecule has 34 heavy (non-hydrogen) atoms. The van der Waals surface area contributed by atoms with E-state index in [2.05, 4.69) is 14.9 Å². The summed E-state index contributed by atoms with van der Waals surface area (Å²) in [5.41, 5.74) is 9.09. The number of anilines is 1. The summed E-state index contributed by atoms with van der Waals surface area (Å²) in [6.45, 7) is 1.57. The highest BCUT2D eigenvalue weighted by molar-refractivity contribution is 5.97. The fourth-order valence-corrected chi connectivity index (χ4v) is 5.03. The average Bonchev–Trinajstić information content (AvgIpc) is 3.28. The first kappa shape index (κ1) is 22.5. The summed E-state index contributed by atoms with van der Waals surface area (Å²) in [5, 5.41) is 0. The van der Waals surface area contributed by atoms with E-state index in [1.54, 1.807) is 6.20 Å². The Kier molecular flexibility index (Phi) is 6.08. The lowest BCUT2D eigenvalue weighted by Crippen LogP contribution is -2.43. The number of halogens is 3. The maximum absolute atomic E-state index is 14.5. The minimum atomic E-state index is -0.942. The summed E-state index contributed by atoms with van der Waals surface area (Å²) in [5.74, 6) is -3.16. The number of hydrogen-bond acceptors (Lipinski definition) is 5. The number of hydrogen-bond donors (Lipinski definition) is 1. The largest absolute Gasteiger partial charge is 0.369 e. The Morgan fingerprint density at radius 1 is 1.06 bits per heavy atom. The van der Waals surface area contributed by atoms with E-state index in [-0.39, 0.29) is 23.9 Å². The smallest absolute Gasteiger partial charge is 0.185 e. The second-order valence-electron chi connectivity index (χ2n) is 8.98. The molecule has 2 aliphatic rings. The fraction of sp³-hybridized carbons (Fsp3) is 0.346. The quantitative estimate of drug-likeness (QED) is 0.565. The second kappa shape index (κ2) is 9.18. The molecule has 1 aliphatic carbocycles. The molecule has 1 fully saturated rings. The predicted molar refractivity (Wildman–Crippen MR) is 123 cm³/mol. The highest BCUT2D eigenvalue weighted by atomic mass is 19.1. The third-order valence-corrected chi connectivity index (χ3v) is 6.61. The van der Waals surface area contributed by atoms with Gasteiger partial charge in [-0.25, -0.2) is 18.2 Å². The van der Waals surface area contributed by atoms with Gasteiger partial charge in [0.2, 0.25) is 0 Å². The molecule has 0 bridgehead atoms. The van der Waals surface area contributed by atoms with Crippen molar-refractivity contribution in [3.63, 3.8) is 0 Å². The van der Waals surface area contributed by atoms with E-state index in [9.17, 15) is 18.0 Å². The summed E-state index contributed by atoms with van der Waals surface area (Å²) in [6, 6.07) is 5.58. The molecule has 3 heterocycles. The SMILES string of the molecule is N[C@H]1CCCN(c2c(CC(=O)c3ccc(F)c(-c4c(F)cccc4F)n3)cnc3c2CCC3)C1. The van der Waals surface area contributed by atoms with Crippen molar-refractivity contribution in [2.75, 3.05) is 18.0 Å². The molecule has 5 nitrogen and oxygen atoms in total. The number of piperidine rings is 1. The van der Waals surface area contributed by atoms with E-state index in [1.165, 1.54) is 17.7 Å². The van der Waals surface area contributed by atoms with Gasteiger partial charge >= 0.3 is 0 Å². The van der Waals surface area contributed by atoms with Crippen LogP contribution in [0.2, 0.25) is 0 Å². The van der Waals surface area contributed by atoms with Crippen LogP contribution in [0.4, 0.5) is 18.9 Å². The zero-order valence-electron chi connectivity index (χ0n) is 18.7. The van der Waals surface area contributed by atoms with E-state index >= 15 is 0 Å². The highest BCUT2D eigenvalue weighted by Gasteiger charge is 2.28. The van der Waals surface area contributed by atoms with Crippen molar-refractivity contribution < 1.29 is 18.0 Å². The second-order valence-corrected chi connectivity index (χ2v) is 8.98. The number of nitrogens with two attached hydrogens (primary N) is 1. The van der Waals surface area contributed by atoms with Crippen LogP contribution in [0, 0.1) is 17.5 Å². The number of nitrogens with zero attached hydrogens (tertiary/aromatic N) is 3. The molecule has 8 heteroatoms. The molecule has 2 N–H and O–H groups in total. The van der Waals surface area contributed by atoms with Gasteiger partial charge in [-0.2, -0.15) is 0 Å². The molecule has 0 radical (unpaired) electrons. The van der Waals surface area contributed by atoms with Gasteiger partial charge in [-0.05, 0) is 61.9 Å². The van der Waals surface area contributed by atoms with E-state index in [4.69, 9.17) is 5.73 Å². The lowest BCUT2D eigenvalue weighted by atomic mass is 9.98. The van der Waals surface area contributed by atoms with Crippen LogP contribution in [0.3, 0.4) is 0 Å². The van der Waals surface area contributed by atoms with Crippen molar-refractivity contribution in [1.82, 2.24) is 9.97 Å². The molecule has 1 aromatic carbocycles. The first-order valence-electron chi connectivity index (χ1n) is 11.6. The van der Waals surface area contributed by atoms with Crippen molar-refractivity contribution >= 4 is 11.5 Å². The first-order valence-corrected chi connectivity index (χ1v) is 11.6. The zero-order valence-corrected chi connectivity index (χ0v) is 18.7. The number of benzene rings is 1. The van der Waals surface area contributed by atoms with Crippen LogP contribution < -0.4 is 10.6 Å². The summed E-state index contributed by atoms with van der Waals surface area (Å²) in [6.07, 6.45) is 6.50. The van der Waals surface area contributed by atoms with Crippen LogP contribution in [0.25, 0.3) is 11.3 Å². The topological polar surface area (TPSA) is 72.1 Å². The summed E-state index contributed by atoms with van der Waals surface area (Å²) in [7, 11) is 0. The Balaban J connectivity index is 1.50. The minimum absolute atomic E-state index is 0.000816. The molecule has 5 rings (SSSR count). The van der Waals surface area contributed by atoms with Crippen molar-refractivity contribution in [2.24, 2.45) is 5.73 Å². The van der Waals surface area contributed by atoms with Crippen molar-refractivity contribution in [3.05, 3.63) is 76.5 Å². The van der Waals surface area contributed by atoms with Gasteiger partial charge in [-0.3, -0.25) is 9.78 Å². The van der Waals surface area contributed by atoms with Crippen LogP contribution >= 0.6 is 0 Å². The Morgan fingerprint density at radius 2 is 1.85 bits per heavy atom. The first-order chi connectivity index (χ1) is 16.4. The van der Waals surface area contributed by atoms with E-state index in [1.807, 2.05) is 0 Å². The van der Waals surface area contributed by atoms with E-state index in [0.29, 0.717) is 6.54 Å². The average molecular weight is 467 g/mol.